The first-order valence-electron chi connectivity index (χ1n) is 10.6. The molecule has 2 aromatic carbocycles. The first kappa shape index (κ1) is 20.2. The topological polar surface area (TPSA) is 56.4 Å². The number of aromatic nitrogens is 1. The Bertz CT molecular complexity index is 1090. The van der Waals surface area contributed by atoms with Gasteiger partial charge in [0.05, 0.1) is 0 Å². The Hall–Kier alpha value is -3.08. The molecule has 0 saturated carbocycles. The van der Waals surface area contributed by atoms with Crippen molar-refractivity contribution in [3.63, 3.8) is 0 Å². The van der Waals surface area contributed by atoms with Crippen LogP contribution in [0.5, 0.6) is 0 Å². The number of piperazine rings is 1. The third kappa shape index (κ3) is 3.72. The minimum absolute atomic E-state index is 0.0311. The van der Waals surface area contributed by atoms with Crippen LogP contribution in [0.25, 0.3) is 10.9 Å². The molecule has 2 amide bonds. The molecule has 1 N–H and O–H groups in total. The van der Waals surface area contributed by atoms with E-state index < -0.39 is 0 Å². The van der Waals surface area contributed by atoms with Gasteiger partial charge >= 0.3 is 0 Å². The lowest BCUT2D eigenvalue weighted by Gasteiger charge is -2.35. The van der Waals surface area contributed by atoms with E-state index in [1.807, 2.05) is 59.2 Å². The third-order valence-corrected chi connectivity index (χ3v) is 6.23. The highest BCUT2D eigenvalue weighted by atomic mass is 16.2. The lowest BCUT2D eigenvalue weighted by Crippen LogP contribution is -2.50. The summed E-state index contributed by atoms with van der Waals surface area (Å²) in [6, 6.07) is 13.7. The highest BCUT2D eigenvalue weighted by molar-refractivity contribution is 5.99. The Labute approximate surface area is 177 Å². The van der Waals surface area contributed by atoms with Gasteiger partial charge in [-0.2, -0.15) is 0 Å². The average molecular weight is 404 g/mol. The van der Waals surface area contributed by atoms with Crippen molar-refractivity contribution in [1.29, 1.82) is 0 Å². The maximum Gasteiger partial charge on any atom is 0.253 e. The predicted molar refractivity (Wildman–Crippen MR) is 120 cm³/mol. The molecule has 5 nitrogen and oxygen atoms in total. The molecule has 0 spiro atoms. The molecule has 156 valence electrons. The molecular formula is C25H29N3O2. The van der Waals surface area contributed by atoms with Crippen LogP contribution < -0.4 is 0 Å². The Morgan fingerprint density at radius 3 is 1.93 bits per heavy atom. The van der Waals surface area contributed by atoms with Crippen molar-refractivity contribution in [2.75, 3.05) is 26.2 Å². The highest BCUT2D eigenvalue weighted by Gasteiger charge is 2.26. The maximum atomic E-state index is 13.0. The number of rotatable bonds is 3. The zero-order valence-corrected chi connectivity index (χ0v) is 18.2. The molecule has 0 radical (unpaired) electrons. The van der Waals surface area contributed by atoms with Gasteiger partial charge in [-0.1, -0.05) is 26.0 Å². The summed E-state index contributed by atoms with van der Waals surface area (Å²) in [5.74, 6) is 0.516. The fourth-order valence-electron chi connectivity index (χ4n) is 4.08. The van der Waals surface area contributed by atoms with Crippen LogP contribution in [0.2, 0.25) is 0 Å². The minimum atomic E-state index is 0.0311. The van der Waals surface area contributed by atoms with Crippen molar-refractivity contribution < 1.29 is 9.59 Å². The number of aryl methyl sites for hydroxylation is 2. The van der Waals surface area contributed by atoms with Gasteiger partial charge in [-0.3, -0.25) is 9.59 Å². The third-order valence-electron chi connectivity index (χ3n) is 6.23. The van der Waals surface area contributed by atoms with Gasteiger partial charge in [0.15, 0.2) is 0 Å². The Balaban J connectivity index is 1.42. The monoisotopic (exact) mass is 403 g/mol. The lowest BCUT2D eigenvalue weighted by molar-refractivity contribution is 0.0535. The zero-order valence-electron chi connectivity index (χ0n) is 18.2. The quantitative estimate of drug-likeness (QED) is 0.700. The molecule has 1 fully saturated rings. The summed E-state index contributed by atoms with van der Waals surface area (Å²) in [5.41, 5.74) is 6.01. The number of hydrogen-bond acceptors (Lipinski definition) is 2. The van der Waals surface area contributed by atoms with E-state index in [1.165, 1.54) is 11.1 Å². The van der Waals surface area contributed by atoms with E-state index in [0.717, 1.165) is 16.6 Å². The molecule has 2 heterocycles. The first-order valence-corrected chi connectivity index (χ1v) is 10.6. The van der Waals surface area contributed by atoms with Crippen LogP contribution in [0.1, 0.15) is 57.3 Å². The number of benzene rings is 2. The molecule has 30 heavy (non-hydrogen) atoms. The van der Waals surface area contributed by atoms with Gasteiger partial charge in [0.25, 0.3) is 11.8 Å². The number of hydrogen-bond donors (Lipinski definition) is 1. The first-order chi connectivity index (χ1) is 14.3. The van der Waals surface area contributed by atoms with Crippen LogP contribution >= 0.6 is 0 Å². The number of amides is 2. The van der Waals surface area contributed by atoms with Crippen LogP contribution in [0.4, 0.5) is 0 Å². The van der Waals surface area contributed by atoms with Crippen molar-refractivity contribution >= 4 is 22.7 Å². The van der Waals surface area contributed by atoms with Gasteiger partial charge in [-0.25, -0.2) is 0 Å². The van der Waals surface area contributed by atoms with E-state index in [1.54, 1.807) is 0 Å². The molecule has 0 unspecified atom stereocenters. The second-order valence-electron chi connectivity index (χ2n) is 8.50. The van der Waals surface area contributed by atoms with Crippen LogP contribution in [0, 0.1) is 13.8 Å². The van der Waals surface area contributed by atoms with E-state index >= 15 is 0 Å². The zero-order chi connectivity index (χ0) is 21.4. The van der Waals surface area contributed by atoms with Gasteiger partial charge < -0.3 is 14.8 Å². The molecule has 0 aliphatic carbocycles. The standard InChI is InChI=1S/C25H29N3O2/c1-16(2)19-5-7-20(8-6-19)24(29)27-11-13-28(14-12-27)25(30)21-9-10-23-22(15-21)17(3)18(4)26-23/h5-10,15-16,26H,11-14H2,1-4H3. The summed E-state index contributed by atoms with van der Waals surface area (Å²) in [6.07, 6.45) is 0. The summed E-state index contributed by atoms with van der Waals surface area (Å²) >= 11 is 0. The van der Waals surface area contributed by atoms with Gasteiger partial charge in [0.1, 0.15) is 0 Å². The molecule has 1 aliphatic rings. The maximum absolute atomic E-state index is 13.0. The van der Waals surface area contributed by atoms with Crippen molar-refractivity contribution in [2.45, 2.75) is 33.6 Å². The van der Waals surface area contributed by atoms with E-state index in [4.69, 9.17) is 0 Å². The average Bonchev–Trinajstić information content (AvgIpc) is 3.06. The van der Waals surface area contributed by atoms with Gasteiger partial charge in [-0.15, -0.1) is 0 Å². The van der Waals surface area contributed by atoms with Crippen LogP contribution in [-0.2, 0) is 0 Å². The largest absolute Gasteiger partial charge is 0.358 e. The molecule has 0 atom stereocenters. The van der Waals surface area contributed by atoms with Crippen LogP contribution in [-0.4, -0.2) is 52.8 Å². The van der Waals surface area contributed by atoms with E-state index in [-0.39, 0.29) is 11.8 Å². The number of carbonyl (C=O) groups is 2. The number of H-pyrrole nitrogens is 1. The van der Waals surface area contributed by atoms with Crippen molar-refractivity contribution in [2.24, 2.45) is 0 Å². The summed E-state index contributed by atoms with van der Waals surface area (Å²) in [7, 11) is 0. The van der Waals surface area contributed by atoms with E-state index in [2.05, 4.69) is 25.8 Å². The predicted octanol–water partition coefficient (Wildman–Crippen LogP) is 4.51. The number of aromatic amines is 1. The normalized spacial score (nSPS) is 14.6. The highest BCUT2D eigenvalue weighted by Crippen LogP contribution is 2.23. The summed E-state index contributed by atoms with van der Waals surface area (Å²) in [5, 5.41) is 1.09. The molecule has 0 bridgehead atoms. The van der Waals surface area contributed by atoms with Crippen LogP contribution in [0.3, 0.4) is 0 Å². The lowest BCUT2D eigenvalue weighted by atomic mass is 10.0. The van der Waals surface area contributed by atoms with Crippen molar-refractivity contribution in [3.05, 3.63) is 70.4 Å². The minimum Gasteiger partial charge on any atom is -0.358 e. The fourth-order valence-corrected chi connectivity index (χ4v) is 4.08. The number of nitrogens with one attached hydrogen (secondary N) is 1. The molecule has 1 aromatic heterocycles. The Morgan fingerprint density at radius 1 is 0.833 bits per heavy atom. The SMILES string of the molecule is Cc1[nH]c2ccc(C(=O)N3CCN(C(=O)c4ccc(C(C)C)cc4)CC3)cc2c1C. The number of nitrogens with zero attached hydrogens (tertiary/aromatic N) is 2. The summed E-state index contributed by atoms with van der Waals surface area (Å²) in [4.78, 5) is 32.9. The second-order valence-corrected chi connectivity index (χ2v) is 8.50. The fraction of sp³-hybridized carbons (Fsp3) is 0.360. The van der Waals surface area contributed by atoms with Gasteiger partial charge in [-0.05, 0) is 61.2 Å². The molecule has 5 heteroatoms. The van der Waals surface area contributed by atoms with Crippen LogP contribution in [0.15, 0.2) is 42.5 Å². The summed E-state index contributed by atoms with van der Waals surface area (Å²) in [6.45, 7) is 10.6. The van der Waals surface area contributed by atoms with Crippen molar-refractivity contribution in [3.8, 4) is 0 Å². The summed E-state index contributed by atoms with van der Waals surface area (Å²) < 4.78 is 0. The Kier molecular flexibility index (Phi) is 5.37. The van der Waals surface area contributed by atoms with Gasteiger partial charge in [0.2, 0.25) is 0 Å². The van der Waals surface area contributed by atoms with Crippen molar-refractivity contribution in [1.82, 2.24) is 14.8 Å². The Morgan fingerprint density at radius 2 is 1.37 bits per heavy atom. The molecule has 4 rings (SSSR count). The van der Waals surface area contributed by atoms with Gasteiger partial charge in [0, 0.05) is 53.9 Å². The number of fused-ring (bicyclic) bond motifs is 1. The molecule has 1 saturated heterocycles. The van der Waals surface area contributed by atoms with E-state index in [0.29, 0.717) is 43.2 Å². The molecule has 1 aliphatic heterocycles. The number of carbonyl (C=O) groups excluding carboxylic acids is 2. The van der Waals surface area contributed by atoms with E-state index in [9.17, 15) is 9.59 Å². The smallest absolute Gasteiger partial charge is 0.253 e. The molecular weight excluding hydrogens is 374 g/mol. The molecule has 3 aromatic rings. The second kappa shape index (κ2) is 7.98.